The molecule has 4 heteroatoms. The van der Waals surface area contributed by atoms with Gasteiger partial charge in [-0.05, 0) is 17.7 Å². The SMILES string of the molecule is CC(CC(=N)c1cccc(Br)c1)C(=O)O. The summed E-state index contributed by atoms with van der Waals surface area (Å²) in [5.41, 5.74) is 1.11. The summed E-state index contributed by atoms with van der Waals surface area (Å²) in [5.74, 6) is -1.38. The van der Waals surface area contributed by atoms with Gasteiger partial charge >= 0.3 is 5.97 Å². The summed E-state index contributed by atoms with van der Waals surface area (Å²) in [6, 6.07) is 7.33. The normalized spacial score (nSPS) is 12.1. The molecule has 80 valence electrons. The molecule has 0 aromatic heterocycles. The lowest BCUT2D eigenvalue weighted by molar-refractivity contribution is -0.140. The lowest BCUT2D eigenvalue weighted by Gasteiger charge is -2.07. The smallest absolute Gasteiger partial charge is 0.306 e. The highest BCUT2D eigenvalue weighted by molar-refractivity contribution is 9.10. The molecule has 0 radical (unpaired) electrons. The third-order valence-corrected chi connectivity index (χ3v) is 2.60. The van der Waals surface area contributed by atoms with Gasteiger partial charge in [0, 0.05) is 16.6 Å². The minimum atomic E-state index is -0.866. The maximum absolute atomic E-state index is 10.6. The van der Waals surface area contributed by atoms with E-state index in [-0.39, 0.29) is 6.42 Å². The van der Waals surface area contributed by atoms with Crippen LogP contribution in [0.5, 0.6) is 0 Å². The highest BCUT2D eigenvalue weighted by Crippen LogP contribution is 2.15. The summed E-state index contributed by atoms with van der Waals surface area (Å²) in [4.78, 5) is 10.6. The Balaban J connectivity index is 2.73. The summed E-state index contributed by atoms with van der Waals surface area (Å²) in [6.45, 7) is 1.61. The third-order valence-electron chi connectivity index (χ3n) is 2.10. The number of benzene rings is 1. The number of carbonyl (C=O) groups is 1. The second kappa shape index (κ2) is 5.07. The van der Waals surface area contributed by atoms with Gasteiger partial charge < -0.3 is 10.5 Å². The number of nitrogens with one attached hydrogen (secondary N) is 1. The van der Waals surface area contributed by atoms with Crippen LogP contribution in [0.3, 0.4) is 0 Å². The van der Waals surface area contributed by atoms with Gasteiger partial charge in [-0.3, -0.25) is 4.79 Å². The van der Waals surface area contributed by atoms with Crippen LogP contribution >= 0.6 is 15.9 Å². The molecule has 1 aromatic carbocycles. The molecule has 0 aliphatic carbocycles. The monoisotopic (exact) mass is 269 g/mol. The van der Waals surface area contributed by atoms with Crippen molar-refractivity contribution in [3.05, 3.63) is 34.3 Å². The van der Waals surface area contributed by atoms with Crippen LogP contribution < -0.4 is 0 Å². The molecule has 0 aliphatic heterocycles. The second-order valence-corrected chi connectivity index (χ2v) is 4.35. The average Bonchev–Trinajstić information content (AvgIpc) is 2.17. The van der Waals surface area contributed by atoms with Crippen LogP contribution in [-0.2, 0) is 4.79 Å². The Labute approximate surface area is 96.8 Å². The van der Waals surface area contributed by atoms with E-state index >= 15 is 0 Å². The largest absolute Gasteiger partial charge is 0.481 e. The molecule has 1 unspecified atom stereocenters. The quantitative estimate of drug-likeness (QED) is 0.826. The molecule has 0 bridgehead atoms. The standard InChI is InChI=1S/C11H12BrNO2/c1-7(11(14)15)5-10(13)8-3-2-4-9(12)6-8/h2-4,6-7,13H,5H2,1H3,(H,14,15). The number of carboxylic acids is 1. The predicted octanol–water partition coefficient (Wildman–Crippen LogP) is 2.93. The number of hydrogen-bond acceptors (Lipinski definition) is 2. The topological polar surface area (TPSA) is 61.2 Å². The summed E-state index contributed by atoms with van der Waals surface area (Å²) in [5, 5.41) is 16.5. The first kappa shape index (κ1) is 11.9. The van der Waals surface area contributed by atoms with Crippen molar-refractivity contribution < 1.29 is 9.90 Å². The van der Waals surface area contributed by atoms with Crippen LogP contribution in [0.25, 0.3) is 0 Å². The van der Waals surface area contributed by atoms with Crippen molar-refractivity contribution in [1.82, 2.24) is 0 Å². The van der Waals surface area contributed by atoms with E-state index in [4.69, 9.17) is 10.5 Å². The molecule has 0 saturated carbocycles. The van der Waals surface area contributed by atoms with E-state index in [9.17, 15) is 4.79 Å². The minimum Gasteiger partial charge on any atom is -0.481 e. The fourth-order valence-corrected chi connectivity index (χ4v) is 1.59. The Morgan fingerprint density at radius 3 is 2.80 bits per heavy atom. The lowest BCUT2D eigenvalue weighted by Crippen LogP contribution is -2.14. The molecule has 1 atom stereocenters. The molecular formula is C11H12BrNO2. The summed E-state index contributed by atoms with van der Waals surface area (Å²) in [7, 11) is 0. The van der Waals surface area contributed by atoms with Crippen molar-refractivity contribution >= 4 is 27.6 Å². The van der Waals surface area contributed by atoms with E-state index in [1.165, 1.54) is 0 Å². The first-order chi connectivity index (χ1) is 7.00. The van der Waals surface area contributed by atoms with Gasteiger partial charge in [-0.2, -0.15) is 0 Å². The van der Waals surface area contributed by atoms with Crippen LogP contribution in [-0.4, -0.2) is 16.8 Å². The van der Waals surface area contributed by atoms with Gasteiger partial charge in [0.25, 0.3) is 0 Å². The average molecular weight is 270 g/mol. The van der Waals surface area contributed by atoms with E-state index in [2.05, 4.69) is 15.9 Å². The third kappa shape index (κ3) is 3.47. The fourth-order valence-electron chi connectivity index (χ4n) is 1.19. The number of rotatable bonds is 4. The van der Waals surface area contributed by atoms with Crippen molar-refractivity contribution in [1.29, 1.82) is 5.41 Å². The highest BCUT2D eigenvalue weighted by atomic mass is 79.9. The highest BCUT2D eigenvalue weighted by Gasteiger charge is 2.14. The van der Waals surface area contributed by atoms with E-state index in [1.807, 2.05) is 24.3 Å². The Morgan fingerprint density at radius 2 is 2.27 bits per heavy atom. The van der Waals surface area contributed by atoms with Crippen molar-refractivity contribution in [2.45, 2.75) is 13.3 Å². The Kier molecular flexibility index (Phi) is 4.03. The van der Waals surface area contributed by atoms with E-state index in [0.717, 1.165) is 10.0 Å². The van der Waals surface area contributed by atoms with Gasteiger partial charge in [0.05, 0.1) is 5.92 Å². The number of aliphatic carboxylic acids is 1. The maximum Gasteiger partial charge on any atom is 0.306 e. The first-order valence-electron chi connectivity index (χ1n) is 4.57. The second-order valence-electron chi connectivity index (χ2n) is 3.43. The molecule has 3 nitrogen and oxygen atoms in total. The van der Waals surface area contributed by atoms with Crippen LogP contribution in [0.4, 0.5) is 0 Å². The molecule has 2 N–H and O–H groups in total. The fraction of sp³-hybridized carbons (Fsp3) is 0.273. The van der Waals surface area contributed by atoms with Crippen LogP contribution in [0.2, 0.25) is 0 Å². The molecular weight excluding hydrogens is 258 g/mol. The van der Waals surface area contributed by atoms with Gasteiger partial charge in [0.1, 0.15) is 0 Å². The Bertz CT molecular complexity index is 390. The minimum absolute atomic E-state index is 0.256. The molecule has 0 amide bonds. The molecule has 0 fully saturated rings. The van der Waals surface area contributed by atoms with Crippen LogP contribution in [0, 0.1) is 11.3 Å². The first-order valence-corrected chi connectivity index (χ1v) is 5.36. The molecule has 1 rings (SSSR count). The Hall–Kier alpha value is -1.16. The molecule has 0 spiro atoms. The van der Waals surface area contributed by atoms with Gasteiger partial charge in [-0.25, -0.2) is 0 Å². The van der Waals surface area contributed by atoms with E-state index < -0.39 is 11.9 Å². The van der Waals surface area contributed by atoms with Gasteiger partial charge in [0.2, 0.25) is 0 Å². The maximum atomic E-state index is 10.6. The van der Waals surface area contributed by atoms with Gasteiger partial charge in [-0.15, -0.1) is 0 Å². The van der Waals surface area contributed by atoms with Crippen LogP contribution in [0.15, 0.2) is 28.7 Å². The number of carboxylic acid groups (broad SMARTS) is 1. The summed E-state index contributed by atoms with van der Waals surface area (Å²) >= 11 is 3.31. The van der Waals surface area contributed by atoms with Crippen molar-refractivity contribution in [2.75, 3.05) is 0 Å². The summed E-state index contributed by atoms with van der Waals surface area (Å²) in [6.07, 6.45) is 0.256. The molecule has 15 heavy (non-hydrogen) atoms. The molecule has 0 saturated heterocycles. The predicted molar refractivity (Wildman–Crippen MR) is 62.4 cm³/mol. The molecule has 1 aromatic rings. The van der Waals surface area contributed by atoms with Gasteiger partial charge in [-0.1, -0.05) is 35.0 Å². The van der Waals surface area contributed by atoms with Crippen molar-refractivity contribution in [3.63, 3.8) is 0 Å². The van der Waals surface area contributed by atoms with Crippen molar-refractivity contribution in [3.8, 4) is 0 Å². The zero-order valence-electron chi connectivity index (χ0n) is 8.33. The van der Waals surface area contributed by atoms with Gasteiger partial charge in [0.15, 0.2) is 0 Å². The van der Waals surface area contributed by atoms with Crippen molar-refractivity contribution in [2.24, 2.45) is 5.92 Å². The number of halogens is 1. The Morgan fingerprint density at radius 1 is 1.60 bits per heavy atom. The molecule has 0 aliphatic rings. The zero-order valence-corrected chi connectivity index (χ0v) is 9.91. The van der Waals surface area contributed by atoms with E-state index in [0.29, 0.717) is 5.71 Å². The number of hydrogen-bond donors (Lipinski definition) is 2. The van der Waals surface area contributed by atoms with Crippen LogP contribution in [0.1, 0.15) is 18.9 Å². The zero-order chi connectivity index (χ0) is 11.4. The lowest BCUT2D eigenvalue weighted by atomic mass is 9.99. The molecule has 0 heterocycles. The van der Waals surface area contributed by atoms with E-state index in [1.54, 1.807) is 6.92 Å². The summed E-state index contributed by atoms with van der Waals surface area (Å²) < 4.78 is 0.896.